The summed E-state index contributed by atoms with van der Waals surface area (Å²) in [7, 11) is 1.59. The van der Waals surface area contributed by atoms with E-state index in [2.05, 4.69) is 10.3 Å². The first-order chi connectivity index (χ1) is 16.9. The van der Waals surface area contributed by atoms with Gasteiger partial charge in [-0.05, 0) is 72.6 Å². The van der Waals surface area contributed by atoms with E-state index in [1.54, 1.807) is 24.1 Å². The molecule has 0 aromatic heterocycles. The molecule has 2 amide bonds. The van der Waals surface area contributed by atoms with E-state index >= 15 is 0 Å². The molecular formula is C26H23ClFN3O3S. The van der Waals surface area contributed by atoms with Crippen molar-refractivity contribution in [2.45, 2.75) is 18.1 Å². The maximum atomic E-state index is 13.3. The third-order valence-electron chi connectivity index (χ3n) is 5.35. The average molecular weight is 512 g/mol. The predicted octanol–water partition coefficient (Wildman–Crippen LogP) is 5.69. The quantitative estimate of drug-likeness (QED) is 0.421. The fourth-order valence-electron chi connectivity index (χ4n) is 3.50. The van der Waals surface area contributed by atoms with Crippen molar-refractivity contribution in [3.8, 4) is 5.75 Å². The van der Waals surface area contributed by atoms with E-state index in [4.69, 9.17) is 16.3 Å². The normalized spacial score (nSPS) is 16.5. The number of halogens is 2. The van der Waals surface area contributed by atoms with Crippen molar-refractivity contribution in [2.24, 2.45) is 4.99 Å². The number of rotatable bonds is 8. The fourth-order valence-corrected chi connectivity index (χ4v) is 4.81. The van der Waals surface area contributed by atoms with Crippen LogP contribution in [0.2, 0.25) is 5.02 Å². The average Bonchev–Trinajstić information content (AvgIpc) is 3.14. The molecular weight excluding hydrogens is 489 g/mol. The molecule has 6 nitrogen and oxygen atoms in total. The zero-order valence-corrected chi connectivity index (χ0v) is 20.5. The molecule has 4 rings (SSSR count). The van der Waals surface area contributed by atoms with Gasteiger partial charge in [0.1, 0.15) is 16.8 Å². The highest BCUT2D eigenvalue weighted by Gasteiger charge is 2.39. The third kappa shape index (κ3) is 6.61. The van der Waals surface area contributed by atoms with Crippen LogP contribution in [0.3, 0.4) is 0 Å². The number of thioether (sulfide) groups is 1. The summed E-state index contributed by atoms with van der Waals surface area (Å²) in [5.74, 6) is -0.185. The molecule has 0 aliphatic carbocycles. The minimum atomic E-state index is -0.613. The Morgan fingerprint density at radius 1 is 1.09 bits per heavy atom. The Bertz CT molecular complexity index is 1220. The first-order valence-corrected chi connectivity index (χ1v) is 12.2. The summed E-state index contributed by atoms with van der Waals surface area (Å²) < 4.78 is 18.3. The standard InChI is InChI=1S/C26H23ClFN3O3S/c1-34-22-12-10-21(11-13-22)30-26-31(15-14-17-2-4-18(27)5-3-17)25(33)23(35-26)16-24(32)29-20-8-6-19(28)7-9-20/h2-13,23H,14-16H2,1H3,(H,29,32). The van der Waals surface area contributed by atoms with Gasteiger partial charge in [-0.15, -0.1) is 0 Å². The van der Waals surface area contributed by atoms with Crippen molar-refractivity contribution < 1.29 is 18.7 Å². The Morgan fingerprint density at radius 2 is 1.77 bits per heavy atom. The van der Waals surface area contributed by atoms with Gasteiger partial charge in [0.25, 0.3) is 0 Å². The minimum Gasteiger partial charge on any atom is -0.497 e. The van der Waals surface area contributed by atoms with Crippen LogP contribution in [0, 0.1) is 5.82 Å². The first kappa shape index (κ1) is 24.8. The molecule has 1 aliphatic heterocycles. The van der Waals surface area contributed by atoms with Gasteiger partial charge in [-0.1, -0.05) is 35.5 Å². The van der Waals surface area contributed by atoms with Crippen LogP contribution in [0.25, 0.3) is 0 Å². The summed E-state index contributed by atoms with van der Waals surface area (Å²) in [5.41, 5.74) is 2.18. The van der Waals surface area contributed by atoms with Gasteiger partial charge in [0.05, 0.1) is 12.8 Å². The number of nitrogens with one attached hydrogen (secondary N) is 1. The maximum Gasteiger partial charge on any atom is 0.242 e. The smallest absolute Gasteiger partial charge is 0.242 e. The van der Waals surface area contributed by atoms with E-state index < -0.39 is 5.25 Å². The molecule has 1 atom stereocenters. The van der Waals surface area contributed by atoms with Crippen LogP contribution < -0.4 is 10.1 Å². The second-order valence-corrected chi connectivity index (χ2v) is 9.43. The number of carbonyl (C=O) groups excluding carboxylic acids is 2. The number of amides is 2. The lowest BCUT2D eigenvalue weighted by atomic mass is 10.1. The number of ether oxygens (including phenoxy) is 1. The maximum absolute atomic E-state index is 13.3. The zero-order valence-electron chi connectivity index (χ0n) is 18.9. The number of amidine groups is 1. The lowest BCUT2D eigenvalue weighted by Gasteiger charge is -2.16. The van der Waals surface area contributed by atoms with E-state index in [9.17, 15) is 14.0 Å². The van der Waals surface area contributed by atoms with E-state index in [1.807, 2.05) is 36.4 Å². The molecule has 0 bridgehead atoms. The summed E-state index contributed by atoms with van der Waals surface area (Å²) in [6, 6.07) is 20.2. The number of aliphatic imine (C=N–C) groups is 1. The summed E-state index contributed by atoms with van der Waals surface area (Å²) in [6.07, 6.45) is 0.583. The van der Waals surface area contributed by atoms with Crippen LogP contribution in [0.5, 0.6) is 5.75 Å². The minimum absolute atomic E-state index is 0.0278. The van der Waals surface area contributed by atoms with E-state index in [0.717, 1.165) is 5.56 Å². The molecule has 1 saturated heterocycles. The fraction of sp³-hybridized carbons (Fsp3) is 0.192. The van der Waals surface area contributed by atoms with Crippen molar-refractivity contribution in [1.29, 1.82) is 0 Å². The predicted molar refractivity (Wildman–Crippen MR) is 138 cm³/mol. The number of benzene rings is 3. The van der Waals surface area contributed by atoms with Crippen LogP contribution in [0.15, 0.2) is 77.8 Å². The van der Waals surface area contributed by atoms with Crippen LogP contribution in [0.4, 0.5) is 15.8 Å². The summed E-state index contributed by atoms with van der Waals surface area (Å²) >= 11 is 7.24. The third-order valence-corrected chi connectivity index (χ3v) is 6.78. The molecule has 1 N–H and O–H groups in total. The number of methoxy groups -OCH3 is 1. The summed E-state index contributed by atoms with van der Waals surface area (Å²) in [4.78, 5) is 32.2. The Kier molecular flexibility index (Phi) is 8.05. The van der Waals surface area contributed by atoms with Gasteiger partial charge < -0.3 is 10.1 Å². The molecule has 1 unspecified atom stereocenters. The van der Waals surface area contributed by atoms with Crippen LogP contribution >= 0.6 is 23.4 Å². The Morgan fingerprint density at radius 3 is 2.43 bits per heavy atom. The molecule has 1 fully saturated rings. The monoisotopic (exact) mass is 511 g/mol. The molecule has 0 saturated carbocycles. The zero-order chi connectivity index (χ0) is 24.8. The molecule has 35 heavy (non-hydrogen) atoms. The first-order valence-electron chi connectivity index (χ1n) is 10.9. The lowest BCUT2D eigenvalue weighted by Crippen LogP contribution is -2.35. The van der Waals surface area contributed by atoms with Crippen LogP contribution in [-0.4, -0.2) is 40.8 Å². The van der Waals surface area contributed by atoms with Gasteiger partial charge in [0.15, 0.2) is 5.17 Å². The van der Waals surface area contributed by atoms with E-state index in [0.29, 0.717) is 40.3 Å². The second kappa shape index (κ2) is 11.4. The Balaban J connectivity index is 1.50. The highest BCUT2D eigenvalue weighted by molar-refractivity contribution is 8.15. The van der Waals surface area contributed by atoms with Gasteiger partial charge in [0, 0.05) is 23.7 Å². The molecule has 1 heterocycles. The molecule has 180 valence electrons. The van der Waals surface area contributed by atoms with Gasteiger partial charge in [-0.2, -0.15) is 0 Å². The topological polar surface area (TPSA) is 71.0 Å². The highest BCUT2D eigenvalue weighted by atomic mass is 35.5. The number of hydrogen-bond donors (Lipinski definition) is 1. The largest absolute Gasteiger partial charge is 0.497 e. The SMILES string of the molecule is COc1ccc(N=C2SC(CC(=O)Nc3ccc(F)cc3)C(=O)N2CCc2ccc(Cl)cc2)cc1. The van der Waals surface area contributed by atoms with Crippen molar-refractivity contribution in [2.75, 3.05) is 19.0 Å². The molecule has 3 aromatic carbocycles. The molecule has 0 spiro atoms. The number of anilines is 1. The number of hydrogen-bond acceptors (Lipinski definition) is 5. The summed E-state index contributed by atoms with van der Waals surface area (Å²) in [6.45, 7) is 0.415. The second-order valence-electron chi connectivity index (χ2n) is 7.82. The Hall–Kier alpha value is -3.36. The number of nitrogens with zero attached hydrogens (tertiary/aromatic N) is 2. The molecule has 9 heteroatoms. The summed E-state index contributed by atoms with van der Waals surface area (Å²) in [5, 5.41) is 3.29. The van der Waals surface area contributed by atoms with Crippen molar-refractivity contribution in [3.05, 3.63) is 89.2 Å². The molecule has 0 radical (unpaired) electrons. The van der Waals surface area contributed by atoms with Crippen molar-refractivity contribution in [1.82, 2.24) is 4.90 Å². The van der Waals surface area contributed by atoms with Crippen LogP contribution in [0.1, 0.15) is 12.0 Å². The van der Waals surface area contributed by atoms with Crippen molar-refractivity contribution >= 4 is 51.7 Å². The van der Waals surface area contributed by atoms with E-state index in [1.165, 1.54) is 36.0 Å². The van der Waals surface area contributed by atoms with Gasteiger partial charge in [-0.3, -0.25) is 14.5 Å². The van der Waals surface area contributed by atoms with Gasteiger partial charge in [0.2, 0.25) is 11.8 Å². The van der Waals surface area contributed by atoms with Crippen LogP contribution in [-0.2, 0) is 16.0 Å². The van der Waals surface area contributed by atoms with Gasteiger partial charge >= 0.3 is 0 Å². The molecule has 3 aromatic rings. The van der Waals surface area contributed by atoms with Gasteiger partial charge in [-0.25, -0.2) is 9.38 Å². The molecule has 1 aliphatic rings. The number of carbonyl (C=O) groups is 2. The highest BCUT2D eigenvalue weighted by Crippen LogP contribution is 2.32. The Labute approximate surface area is 212 Å². The van der Waals surface area contributed by atoms with E-state index in [-0.39, 0.29) is 24.1 Å². The lowest BCUT2D eigenvalue weighted by molar-refractivity contribution is -0.128. The van der Waals surface area contributed by atoms with Crippen molar-refractivity contribution in [3.63, 3.8) is 0 Å².